The average Bonchev–Trinajstić information content (AvgIpc) is 3.54. The lowest BCUT2D eigenvalue weighted by molar-refractivity contribution is -0.179. The molecular weight excluding hydrogens is 898 g/mol. The molecule has 5 aliphatic rings. The number of aliphatic hydroxyl groups is 5. The van der Waals surface area contributed by atoms with Gasteiger partial charge < -0.3 is 50.7 Å². The number of ketones is 2. The maximum atomic E-state index is 12.6. The van der Waals surface area contributed by atoms with Gasteiger partial charge in [0.25, 0.3) is 0 Å². The lowest BCUT2D eigenvalue weighted by atomic mass is 9.45. The highest BCUT2D eigenvalue weighted by Crippen LogP contribution is 2.71. The van der Waals surface area contributed by atoms with E-state index in [1.165, 1.54) is 29.8 Å². The summed E-state index contributed by atoms with van der Waals surface area (Å²) in [5, 5.41) is 73.9. The molecule has 1 saturated heterocycles. The molecule has 1 aliphatic heterocycles. The molecule has 14 heteroatoms. The van der Waals surface area contributed by atoms with Crippen LogP contribution in [0.2, 0.25) is 0 Å². The first-order chi connectivity index (χ1) is 32.7. The summed E-state index contributed by atoms with van der Waals surface area (Å²) in [7, 11) is 1.79. The normalized spacial score (nSPS) is 31.1. The maximum Gasteiger partial charge on any atom is 0.190 e. The molecule has 0 bridgehead atoms. The summed E-state index contributed by atoms with van der Waals surface area (Å²) in [5.41, 5.74) is 0.501. The number of ether oxygens (including phenoxy) is 1. The molecule has 1 heterocycles. The van der Waals surface area contributed by atoms with E-state index in [4.69, 9.17) is 16.3 Å². The molecule has 11 atom stereocenters. The quantitative estimate of drug-likeness (QED) is 0.0825. The molecule has 378 valence electrons. The molecule has 11 unspecified atom stereocenters. The molecular formula is C55H76ClN3O10. The minimum atomic E-state index is -1.68. The summed E-state index contributed by atoms with van der Waals surface area (Å²) < 4.78 is 5.71. The summed E-state index contributed by atoms with van der Waals surface area (Å²) in [6, 6.07) is 24.8. The number of phenolic OH excluding ortho intramolecular Hbond substituents is 2. The van der Waals surface area contributed by atoms with Crippen LogP contribution in [0.4, 0.5) is 0 Å². The van der Waals surface area contributed by atoms with Gasteiger partial charge in [-0.15, -0.1) is 11.6 Å². The number of piperazine rings is 1. The Kier molecular flexibility index (Phi) is 18.2. The van der Waals surface area contributed by atoms with Crippen LogP contribution in [0.3, 0.4) is 0 Å². The Balaban J connectivity index is 0.000000178. The number of phenols is 2. The molecule has 4 aliphatic carbocycles. The first kappa shape index (κ1) is 54.3. The Labute approximate surface area is 413 Å². The summed E-state index contributed by atoms with van der Waals surface area (Å²) >= 11 is 7.30. The Morgan fingerprint density at radius 2 is 1.48 bits per heavy atom. The molecule has 13 nitrogen and oxygen atoms in total. The lowest BCUT2D eigenvalue weighted by Crippen LogP contribution is -2.69. The number of rotatable bonds is 14. The van der Waals surface area contributed by atoms with Crippen molar-refractivity contribution in [1.29, 1.82) is 0 Å². The van der Waals surface area contributed by atoms with Crippen LogP contribution in [0.5, 0.6) is 11.5 Å². The van der Waals surface area contributed by atoms with Crippen molar-refractivity contribution >= 4 is 23.2 Å². The van der Waals surface area contributed by atoms with Gasteiger partial charge >= 0.3 is 0 Å². The number of carbonyl (C=O) groups is 2. The number of fused-ring (bicyclic) bond motifs is 5. The first-order valence-electron chi connectivity index (χ1n) is 24.6. The smallest absolute Gasteiger partial charge is 0.190 e. The van der Waals surface area contributed by atoms with Crippen LogP contribution in [-0.2, 0) is 14.3 Å². The highest BCUT2D eigenvalue weighted by Gasteiger charge is 2.74. The third kappa shape index (κ3) is 11.5. The van der Waals surface area contributed by atoms with Crippen molar-refractivity contribution in [2.45, 2.75) is 108 Å². The number of carbonyl (C=O) groups excluding carboxylic acids is 2. The van der Waals surface area contributed by atoms with Crippen LogP contribution >= 0.6 is 11.6 Å². The number of methoxy groups -OCH3 is 1. The molecule has 8 N–H and O–H groups in total. The van der Waals surface area contributed by atoms with Gasteiger partial charge in [0.1, 0.15) is 23.7 Å². The third-order valence-corrected chi connectivity index (χ3v) is 17.0. The summed E-state index contributed by atoms with van der Waals surface area (Å²) in [6.07, 6.45) is 6.04. The van der Waals surface area contributed by atoms with Crippen LogP contribution in [0, 0.1) is 28.6 Å². The predicted molar refractivity (Wildman–Crippen MR) is 268 cm³/mol. The molecule has 3 aromatic rings. The molecule has 3 aromatic carbocycles. The van der Waals surface area contributed by atoms with E-state index in [0.29, 0.717) is 31.4 Å². The number of benzene rings is 3. The number of nitrogens with zero attached hydrogens (tertiary/aromatic N) is 2. The number of nitrogens with one attached hydrogen (secondary N) is 1. The Hall–Kier alpha value is -3.99. The number of allylic oxidation sites excluding steroid dienone is 4. The van der Waals surface area contributed by atoms with Crippen molar-refractivity contribution in [3.05, 3.63) is 119 Å². The number of halogens is 1. The number of aromatic hydroxyl groups is 2. The number of Topliss-reactive ketones (excluding diaryl/α,β-unsaturated/α-hetero) is 1. The second-order valence-corrected chi connectivity index (χ2v) is 21.2. The van der Waals surface area contributed by atoms with Gasteiger partial charge in [-0.25, -0.2) is 0 Å². The van der Waals surface area contributed by atoms with Crippen LogP contribution in [0.25, 0.3) is 0 Å². The summed E-state index contributed by atoms with van der Waals surface area (Å²) in [5.74, 6) is -1.24. The minimum absolute atomic E-state index is 0.0476. The molecule has 0 amide bonds. The fourth-order valence-corrected chi connectivity index (χ4v) is 12.6. The zero-order valence-electron chi connectivity index (χ0n) is 41.2. The number of aliphatic hydroxyl groups excluding tert-OH is 4. The van der Waals surface area contributed by atoms with Gasteiger partial charge in [0, 0.05) is 75.9 Å². The van der Waals surface area contributed by atoms with E-state index in [9.17, 15) is 45.3 Å². The number of hydrogen-bond acceptors (Lipinski definition) is 13. The standard InChI is InChI=1S/C22H29ClO5.C22H30N2O2.C11H17NO3/c1-12-8-16-15-5-4-13-9-14(25)6-7-19(13,2)21(15,23)17(26)10-20(16,3)22(12,28)18(27)11-24;1-26-22(20-10-6-3-7-11-20)18-24-16-14-23(15-17-24)13-12-21(25)19-8-4-2-5-9-19;1-7(2)12-6-11(15)8-3-9(13)5-10(14)4-8/h6-7,9,12,15-17,24,26,28H,4-5,8,10-11H2,1-3H3;2-11,21-22,25H,12-18H2,1H3;3-5,7,11-15H,6H2,1-2H3. The van der Waals surface area contributed by atoms with Gasteiger partial charge in [-0.1, -0.05) is 107 Å². The van der Waals surface area contributed by atoms with Crippen LogP contribution < -0.4 is 5.32 Å². The van der Waals surface area contributed by atoms with E-state index < -0.39 is 45.9 Å². The average molecular weight is 975 g/mol. The molecule has 3 saturated carbocycles. The van der Waals surface area contributed by atoms with E-state index in [-0.39, 0.29) is 59.7 Å². The molecule has 69 heavy (non-hydrogen) atoms. The number of alkyl halides is 1. The van der Waals surface area contributed by atoms with Crippen molar-refractivity contribution in [2.24, 2.45) is 28.6 Å². The van der Waals surface area contributed by atoms with Gasteiger partial charge in [0.15, 0.2) is 11.6 Å². The van der Waals surface area contributed by atoms with E-state index in [1.54, 1.807) is 13.2 Å². The fourth-order valence-electron chi connectivity index (χ4n) is 12.1. The van der Waals surface area contributed by atoms with Gasteiger partial charge in [-0.05, 0) is 90.8 Å². The third-order valence-electron chi connectivity index (χ3n) is 16.1. The van der Waals surface area contributed by atoms with Crippen LogP contribution in [0.15, 0.2) is 103 Å². The summed E-state index contributed by atoms with van der Waals surface area (Å²) in [4.78, 5) is 28.4. The highest BCUT2D eigenvalue weighted by atomic mass is 35.5. The van der Waals surface area contributed by atoms with Crippen LogP contribution in [0.1, 0.15) is 102 Å². The predicted octanol–water partition coefficient (Wildman–Crippen LogP) is 6.41. The van der Waals surface area contributed by atoms with Gasteiger partial charge in [-0.3, -0.25) is 14.5 Å². The largest absolute Gasteiger partial charge is 0.508 e. The minimum Gasteiger partial charge on any atom is -0.508 e. The van der Waals surface area contributed by atoms with E-state index in [2.05, 4.69) is 39.4 Å². The number of hydrogen-bond donors (Lipinski definition) is 8. The topological polar surface area (TPSA) is 203 Å². The fraction of sp³-hybridized carbons (Fsp3) is 0.564. The monoisotopic (exact) mass is 974 g/mol. The first-order valence-corrected chi connectivity index (χ1v) is 25.0. The van der Waals surface area contributed by atoms with Crippen molar-refractivity contribution in [3.8, 4) is 11.5 Å². The Morgan fingerprint density at radius 3 is 2.06 bits per heavy atom. The van der Waals surface area contributed by atoms with E-state index >= 15 is 0 Å². The van der Waals surface area contributed by atoms with Crippen LogP contribution in [-0.4, -0.2) is 139 Å². The lowest BCUT2D eigenvalue weighted by Gasteiger charge is -2.63. The van der Waals surface area contributed by atoms with Crippen molar-refractivity contribution in [1.82, 2.24) is 15.1 Å². The molecule has 8 rings (SSSR count). The maximum absolute atomic E-state index is 12.6. The molecule has 0 aromatic heterocycles. The Bertz CT molecular complexity index is 2220. The second kappa shape index (κ2) is 23.0. The highest BCUT2D eigenvalue weighted by molar-refractivity contribution is 6.26. The van der Waals surface area contributed by atoms with E-state index in [1.807, 2.05) is 77.1 Å². The Morgan fingerprint density at radius 1 is 0.884 bits per heavy atom. The molecule has 4 fully saturated rings. The second-order valence-electron chi connectivity index (χ2n) is 20.6. The zero-order valence-corrected chi connectivity index (χ0v) is 41.9. The van der Waals surface area contributed by atoms with Crippen molar-refractivity contribution in [3.63, 3.8) is 0 Å². The zero-order chi connectivity index (χ0) is 50.3. The summed E-state index contributed by atoms with van der Waals surface area (Å²) in [6.45, 7) is 15.4. The van der Waals surface area contributed by atoms with E-state index in [0.717, 1.165) is 56.8 Å². The SMILES string of the molecule is CC(C)NCC(O)c1cc(O)cc(O)c1.CC1CC2C3CCC4=CC(=O)C=CC4(C)C3(Cl)C(O)CC2(C)C1(O)C(=O)CO.COC(CN1CCN(CCC(O)c2ccccc2)CC1)c1ccccc1. The van der Waals surface area contributed by atoms with Gasteiger partial charge in [-0.2, -0.15) is 0 Å². The van der Waals surface area contributed by atoms with Crippen molar-refractivity contribution < 1.29 is 50.1 Å². The van der Waals surface area contributed by atoms with Gasteiger partial charge in [0.2, 0.25) is 0 Å². The van der Waals surface area contributed by atoms with Gasteiger partial charge in [0.05, 0.1) is 29.3 Å². The van der Waals surface area contributed by atoms with Crippen molar-refractivity contribution in [2.75, 3.05) is 59.5 Å². The molecule has 0 spiro atoms. The molecule has 0 radical (unpaired) electrons.